The van der Waals surface area contributed by atoms with Crippen LogP contribution in [0.1, 0.15) is 9.67 Å². The minimum atomic E-state index is 0.00503. The van der Waals surface area contributed by atoms with Crippen molar-refractivity contribution in [2.24, 2.45) is 0 Å². The van der Waals surface area contributed by atoms with E-state index in [2.05, 4.69) is 28.2 Å². The first kappa shape index (κ1) is 12.9. The average molecular weight is 271 g/mol. The van der Waals surface area contributed by atoms with Crippen LogP contribution in [0.4, 0.5) is 0 Å². The SMILES string of the molecule is O=C(NCCN1CCNCC1)c1cc(S)cs1. The van der Waals surface area contributed by atoms with Crippen molar-refractivity contribution in [1.82, 2.24) is 15.5 Å². The van der Waals surface area contributed by atoms with Gasteiger partial charge in [-0.05, 0) is 6.07 Å². The van der Waals surface area contributed by atoms with Gasteiger partial charge in [-0.15, -0.1) is 24.0 Å². The fraction of sp³-hybridized carbons (Fsp3) is 0.545. The Labute approximate surface area is 111 Å². The van der Waals surface area contributed by atoms with Gasteiger partial charge in [0.2, 0.25) is 0 Å². The third-order valence-corrected chi connectivity index (χ3v) is 4.09. The Morgan fingerprint density at radius 3 is 2.94 bits per heavy atom. The summed E-state index contributed by atoms with van der Waals surface area (Å²) in [4.78, 5) is 15.7. The number of nitrogens with one attached hydrogen (secondary N) is 2. The molecule has 0 saturated carbocycles. The maximum absolute atomic E-state index is 11.7. The number of hydrogen-bond acceptors (Lipinski definition) is 5. The predicted molar refractivity (Wildman–Crippen MR) is 73.2 cm³/mol. The van der Waals surface area contributed by atoms with Gasteiger partial charge in [0.15, 0.2) is 0 Å². The smallest absolute Gasteiger partial charge is 0.261 e. The maximum Gasteiger partial charge on any atom is 0.261 e. The molecule has 0 aliphatic carbocycles. The summed E-state index contributed by atoms with van der Waals surface area (Å²) in [7, 11) is 0. The number of thiol groups is 1. The molecule has 2 heterocycles. The lowest BCUT2D eigenvalue weighted by molar-refractivity contribution is 0.0951. The molecule has 1 saturated heterocycles. The van der Waals surface area contributed by atoms with Crippen LogP contribution in [0.2, 0.25) is 0 Å². The van der Waals surface area contributed by atoms with Gasteiger partial charge in [-0.25, -0.2) is 0 Å². The molecule has 0 bridgehead atoms. The summed E-state index contributed by atoms with van der Waals surface area (Å²) in [6.45, 7) is 5.85. The summed E-state index contributed by atoms with van der Waals surface area (Å²) >= 11 is 5.62. The van der Waals surface area contributed by atoms with E-state index in [4.69, 9.17) is 0 Å². The number of rotatable bonds is 4. The van der Waals surface area contributed by atoms with Crippen LogP contribution in [0, 0.1) is 0 Å². The normalized spacial score (nSPS) is 17.0. The summed E-state index contributed by atoms with van der Waals surface area (Å²) in [6.07, 6.45) is 0. The highest BCUT2D eigenvalue weighted by atomic mass is 32.1. The van der Waals surface area contributed by atoms with Crippen molar-refractivity contribution in [2.75, 3.05) is 39.3 Å². The van der Waals surface area contributed by atoms with E-state index in [9.17, 15) is 4.79 Å². The molecule has 1 aliphatic rings. The molecule has 1 aromatic heterocycles. The summed E-state index contributed by atoms with van der Waals surface area (Å²) in [5, 5.41) is 8.11. The zero-order valence-electron chi connectivity index (χ0n) is 9.61. The molecule has 0 spiro atoms. The molecule has 1 aromatic rings. The minimum absolute atomic E-state index is 0.00503. The van der Waals surface area contributed by atoms with E-state index in [0.29, 0.717) is 6.54 Å². The van der Waals surface area contributed by atoms with E-state index in [1.165, 1.54) is 11.3 Å². The fourth-order valence-corrected chi connectivity index (χ4v) is 2.86. The zero-order valence-corrected chi connectivity index (χ0v) is 11.3. The highest BCUT2D eigenvalue weighted by Gasteiger charge is 2.11. The van der Waals surface area contributed by atoms with Gasteiger partial charge >= 0.3 is 0 Å². The van der Waals surface area contributed by atoms with Crippen molar-refractivity contribution in [3.05, 3.63) is 16.3 Å². The molecule has 4 nitrogen and oxygen atoms in total. The quantitative estimate of drug-likeness (QED) is 0.705. The Morgan fingerprint density at radius 1 is 1.53 bits per heavy atom. The van der Waals surface area contributed by atoms with E-state index >= 15 is 0 Å². The summed E-state index contributed by atoms with van der Waals surface area (Å²) < 4.78 is 0. The summed E-state index contributed by atoms with van der Waals surface area (Å²) in [6, 6.07) is 1.80. The molecule has 0 radical (unpaired) electrons. The average Bonchev–Trinajstić information content (AvgIpc) is 2.77. The first-order valence-corrected chi connectivity index (χ1v) is 7.07. The molecule has 94 valence electrons. The van der Waals surface area contributed by atoms with Crippen LogP contribution in [0.5, 0.6) is 0 Å². The molecule has 6 heteroatoms. The van der Waals surface area contributed by atoms with E-state index in [1.54, 1.807) is 6.07 Å². The van der Waals surface area contributed by atoms with Gasteiger partial charge in [-0.1, -0.05) is 0 Å². The molecule has 17 heavy (non-hydrogen) atoms. The van der Waals surface area contributed by atoms with Crippen LogP contribution in [-0.2, 0) is 0 Å². The van der Waals surface area contributed by atoms with Gasteiger partial charge in [-0.2, -0.15) is 0 Å². The molecule has 2 N–H and O–H groups in total. The second-order valence-electron chi connectivity index (χ2n) is 4.02. The first-order chi connectivity index (χ1) is 8.25. The molecular formula is C11H17N3OS2. The molecule has 0 unspecified atom stereocenters. The van der Waals surface area contributed by atoms with Crippen molar-refractivity contribution in [3.8, 4) is 0 Å². The van der Waals surface area contributed by atoms with Crippen LogP contribution in [-0.4, -0.2) is 50.1 Å². The largest absolute Gasteiger partial charge is 0.350 e. The third-order valence-electron chi connectivity index (χ3n) is 2.73. The van der Waals surface area contributed by atoms with Crippen LogP contribution in [0.15, 0.2) is 16.3 Å². The number of nitrogens with zero attached hydrogens (tertiary/aromatic N) is 1. The number of carbonyl (C=O) groups is 1. The number of piperazine rings is 1. The highest BCUT2D eigenvalue weighted by Crippen LogP contribution is 2.17. The molecule has 1 amide bonds. The van der Waals surface area contributed by atoms with Gasteiger partial charge in [0.1, 0.15) is 0 Å². The van der Waals surface area contributed by atoms with Crippen LogP contribution in [0.25, 0.3) is 0 Å². The lowest BCUT2D eigenvalue weighted by Gasteiger charge is -2.26. The zero-order chi connectivity index (χ0) is 12.1. The monoisotopic (exact) mass is 271 g/mol. The molecule has 0 atom stereocenters. The Kier molecular flexibility index (Phi) is 4.85. The van der Waals surface area contributed by atoms with Crippen molar-refractivity contribution in [1.29, 1.82) is 0 Å². The Balaban J connectivity index is 1.69. The Morgan fingerprint density at radius 2 is 2.29 bits per heavy atom. The highest BCUT2D eigenvalue weighted by molar-refractivity contribution is 7.80. The topological polar surface area (TPSA) is 44.4 Å². The number of amides is 1. The minimum Gasteiger partial charge on any atom is -0.350 e. The standard InChI is InChI=1S/C11H17N3OS2/c15-11(10-7-9(16)8-17-10)13-3-6-14-4-1-12-2-5-14/h7-8,12,16H,1-6H2,(H,13,15). The lowest BCUT2D eigenvalue weighted by atomic mass is 10.3. The van der Waals surface area contributed by atoms with Crippen molar-refractivity contribution in [2.45, 2.75) is 4.90 Å². The number of hydrogen-bond donors (Lipinski definition) is 3. The van der Waals surface area contributed by atoms with E-state index < -0.39 is 0 Å². The molecular weight excluding hydrogens is 254 g/mol. The van der Waals surface area contributed by atoms with E-state index in [1.807, 2.05) is 5.38 Å². The van der Waals surface area contributed by atoms with E-state index in [0.717, 1.165) is 42.5 Å². The number of carbonyl (C=O) groups excluding carboxylic acids is 1. The van der Waals surface area contributed by atoms with Crippen LogP contribution >= 0.6 is 24.0 Å². The second-order valence-corrected chi connectivity index (χ2v) is 5.44. The van der Waals surface area contributed by atoms with Crippen molar-refractivity contribution >= 4 is 29.9 Å². The van der Waals surface area contributed by atoms with Crippen molar-refractivity contribution in [3.63, 3.8) is 0 Å². The maximum atomic E-state index is 11.7. The van der Waals surface area contributed by atoms with Gasteiger partial charge < -0.3 is 10.6 Å². The fourth-order valence-electron chi connectivity index (χ4n) is 1.79. The summed E-state index contributed by atoms with van der Waals surface area (Å²) in [5.74, 6) is 0.00503. The summed E-state index contributed by atoms with van der Waals surface area (Å²) in [5.41, 5.74) is 0. The Bertz CT molecular complexity index is 375. The molecule has 1 aliphatic heterocycles. The molecule has 2 rings (SSSR count). The van der Waals surface area contributed by atoms with Crippen LogP contribution in [0.3, 0.4) is 0 Å². The van der Waals surface area contributed by atoms with Gasteiger partial charge in [-0.3, -0.25) is 9.69 Å². The second kappa shape index (κ2) is 6.39. The third kappa shape index (κ3) is 3.99. The Hall–Kier alpha value is -0.560. The first-order valence-electron chi connectivity index (χ1n) is 5.74. The number of thiophene rings is 1. The van der Waals surface area contributed by atoms with Crippen molar-refractivity contribution < 1.29 is 4.79 Å². The van der Waals surface area contributed by atoms with Crippen LogP contribution < -0.4 is 10.6 Å². The van der Waals surface area contributed by atoms with Gasteiger partial charge in [0.25, 0.3) is 5.91 Å². The van der Waals surface area contributed by atoms with E-state index in [-0.39, 0.29) is 5.91 Å². The van der Waals surface area contributed by atoms with Gasteiger partial charge in [0, 0.05) is 49.5 Å². The lowest BCUT2D eigenvalue weighted by Crippen LogP contribution is -2.46. The molecule has 0 aromatic carbocycles. The predicted octanol–water partition coefficient (Wildman–Crippen LogP) is 0.672. The molecule has 1 fully saturated rings. The van der Waals surface area contributed by atoms with Gasteiger partial charge in [0.05, 0.1) is 4.88 Å².